The van der Waals surface area contributed by atoms with Crippen LogP contribution in [-0.4, -0.2) is 17.0 Å². The number of thiazole rings is 1. The minimum absolute atomic E-state index is 0.0900. The number of fused-ring (bicyclic) bond motifs is 1. The number of nitro groups is 1. The first-order valence-corrected chi connectivity index (χ1v) is 7.66. The van der Waals surface area contributed by atoms with Crippen molar-refractivity contribution in [3.05, 3.63) is 52.6 Å². The second-order valence-corrected chi connectivity index (χ2v) is 6.52. The molecule has 0 saturated carbocycles. The highest BCUT2D eigenvalue weighted by atomic mass is 32.2. The van der Waals surface area contributed by atoms with Crippen molar-refractivity contribution in [3.63, 3.8) is 0 Å². The van der Waals surface area contributed by atoms with Gasteiger partial charge >= 0.3 is 0 Å². The Bertz CT molecular complexity index is 800. The maximum atomic E-state index is 10.8. The van der Waals surface area contributed by atoms with Crippen LogP contribution in [0.3, 0.4) is 0 Å². The molecule has 0 aliphatic carbocycles. The number of aromatic nitrogens is 1. The van der Waals surface area contributed by atoms with Gasteiger partial charge in [-0.05, 0) is 30.3 Å². The monoisotopic (exact) mass is 318 g/mol. The molecule has 0 bridgehead atoms. The van der Waals surface area contributed by atoms with Gasteiger partial charge in [0, 0.05) is 17.0 Å². The molecule has 1 aromatic heterocycles. The molecule has 0 fully saturated rings. The summed E-state index contributed by atoms with van der Waals surface area (Å²) in [6.45, 7) is 0. The van der Waals surface area contributed by atoms with Crippen LogP contribution in [0.2, 0.25) is 0 Å². The Morgan fingerprint density at radius 3 is 2.67 bits per heavy atom. The van der Waals surface area contributed by atoms with E-state index in [-0.39, 0.29) is 5.69 Å². The molecule has 0 spiro atoms. The van der Waals surface area contributed by atoms with Gasteiger partial charge in [-0.2, -0.15) is 0 Å². The van der Waals surface area contributed by atoms with Gasteiger partial charge < -0.3 is 4.74 Å². The molecule has 0 atom stereocenters. The summed E-state index contributed by atoms with van der Waals surface area (Å²) in [6, 6.07) is 12.4. The number of nitrogens with zero attached hydrogens (tertiary/aromatic N) is 2. The van der Waals surface area contributed by atoms with Gasteiger partial charge in [-0.15, -0.1) is 11.3 Å². The highest BCUT2D eigenvalue weighted by Gasteiger charge is 2.11. The van der Waals surface area contributed by atoms with Crippen LogP contribution in [0.5, 0.6) is 5.75 Å². The molecule has 0 saturated heterocycles. The number of non-ortho nitro benzene ring substituents is 1. The third kappa shape index (κ3) is 2.98. The smallest absolute Gasteiger partial charge is 0.270 e. The van der Waals surface area contributed by atoms with Gasteiger partial charge in [0.2, 0.25) is 0 Å². The lowest BCUT2D eigenvalue weighted by Gasteiger charge is -2.00. The fourth-order valence-corrected chi connectivity index (χ4v) is 3.87. The van der Waals surface area contributed by atoms with Crippen molar-refractivity contribution in [2.75, 3.05) is 7.11 Å². The lowest BCUT2D eigenvalue weighted by molar-refractivity contribution is -0.384. The topological polar surface area (TPSA) is 65.3 Å². The van der Waals surface area contributed by atoms with Crippen LogP contribution in [-0.2, 0) is 0 Å². The van der Waals surface area contributed by atoms with E-state index in [0.29, 0.717) is 0 Å². The molecule has 106 valence electrons. The van der Waals surface area contributed by atoms with Gasteiger partial charge in [-0.1, -0.05) is 11.8 Å². The molecule has 0 amide bonds. The molecule has 0 unspecified atom stereocenters. The molecular formula is C14H10N2O3S2. The summed E-state index contributed by atoms with van der Waals surface area (Å²) in [5.74, 6) is 0.805. The Morgan fingerprint density at radius 2 is 2.00 bits per heavy atom. The van der Waals surface area contributed by atoms with Gasteiger partial charge in [-0.25, -0.2) is 4.98 Å². The average molecular weight is 318 g/mol. The summed E-state index contributed by atoms with van der Waals surface area (Å²) in [5.41, 5.74) is 0.869. The standard InChI is InChI=1S/C14H10N2O3S2/c1-19-10-3-5-11(6-4-10)20-14-15-12-7-2-9(16(17)18)8-13(12)21-14/h2-8H,1H3. The average Bonchev–Trinajstić information content (AvgIpc) is 2.89. The molecule has 0 aliphatic heterocycles. The van der Waals surface area contributed by atoms with Crippen LogP contribution >= 0.6 is 23.1 Å². The number of hydrogen-bond acceptors (Lipinski definition) is 6. The normalized spacial score (nSPS) is 10.7. The fourth-order valence-electron chi connectivity index (χ4n) is 1.79. The highest BCUT2D eigenvalue weighted by Crippen LogP contribution is 2.36. The predicted octanol–water partition coefficient (Wildman–Crippen LogP) is 4.36. The maximum absolute atomic E-state index is 10.8. The lowest BCUT2D eigenvalue weighted by atomic mass is 10.3. The molecule has 5 nitrogen and oxygen atoms in total. The molecule has 3 aromatic rings. The largest absolute Gasteiger partial charge is 0.497 e. The van der Waals surface area contributed by atoms with E-state index in [4.69, 9.17) is 4.74 Å². The third-order valence-corrected chi connectivity index (χ3v) is 4.91. The van der Waals surface area contributed by atoms with E-state index in [9.17, 15) is 10.1 Å². The van der Waals surface area contributed by atoms with E-state index in [2.05, 4.69) is 4.98 Å². The van der Waals surface area contributed by atoms with Gasteiger partial charge in [-0.3, -0.25) is 10.1 Å². The zero-order chi connectivity index (χ0) is 14.8. The zero-order valence-corrected chi connectivity index (χ0v) is 12.6. The van der Waals surface area contributed by atoms with Crippen molar-refractivity contribution >= 4 is 39.0 Å². The Morgan fingerprint density at radius 1 is 1.24 bits per heavy atom. The molecule has 2 aromatic carbocycles. The Labute approximate surface area is 128 Å². The Hall–Kier alpha value is -2.12. The summed E-state index contributed by atoms with van der Waals surface area (Å²) in [7, 11) is 1.63. The van der Waals surface area contributed by atoms with Crippen molar-refractivity contribution in [2.45, 2.75) is 9.24 Å². The zero-order valence-electron chi connectivity index (χ0n) is 11.0. The molecule has 1 heterocycles. The number of nitro benzene ring substituents is 1. The summed E-state index contributed by atoms with van der Waals surface area (Å²) >= 11 is 2.98. The second kappa shape index (κ2) is 5.71. The van der Waals surface area contributed by atoms with E-state index < -0.39 is 4.92 Å². The number of hydrogen-bond donors (Lipinski definition) is 0. The Balaban J connectivity index is 1.88. The van der Waals surface area contributed by atoms with Crippen LogP contribution < -0.4 is 4.74 Å². The quantitative estimate of drug-likeness (QED) is 0.528. The molecule has 3 rings (SSSR count). The van der Waals surface area contributed by atoms with Crippen molar-refractivity contribution < 1.29 is 9.66 Å². The summed E-state index contributed by atoms with van der Waals surface area (Å²) in [5, 5.41) is 10.8. The fraction of sp³-hybridized carbons (Fsp3) is 0.0714. The van der Waals surface area contributed by atoms with E-state index in [0.717, 1.165) is 25.2 Å². The molecule has 21 heavy (non-hydrogen) atoms. The van der Waals surface area contributed by atoms with E-state index in [1.807, 2.05) is 24.3 Å². The minimum atomic E-state index is -0.393. The van der Waals surface area contributed by atoms with Gasteiger partial charge in [0.25, 0.3) is 5.69 Å². The van der Waals surface area contributed by atoms with Crippen LogP contribution in [0, 0.1) is 10.1 Å². The third-order valence-electron chi connectivity index (χ3n) is 2.83. The Kier molecular flexibility index (Phi) is 3.76. The summed E-state index contributed by atoms with van der Waals surface area (Å²) in [6.07, 6.45) is 0. The van der Waals surface area contributed by atoms with Crippen LogP contribution in [0.15, 0.2) is 51.7 Å². The van der Waals surface area contributed by atoms with E-state index in [1.54, 1.807) is 19.2 Å². The van der Waals surface area contributed by atoms with Crippen LogP contribution in [0.1, 0.15) is 0 Å². The molecule has 7 heteroatoms. The van der Waals surface area contributed by atoms with Crippen LogP contribution in [0.25, 0.3) is 10.2 Å². The van der Waals surface area contributed by atoms with Crippen molar-refractivity contribution in [3.8, 4) is 5.75 Å². The SMILES string of the molecule is COc1ccc(Sc2nc3ccc([N+](=O)[O-])cc3s2)cc1. The molecular weight excluding hydrogens is 308 g/mol. The molecule has 0 aliphatic rings. The van der Waals surface area contributed by atoms with E-state index >= 15 is 0 Å². The number of rotatable bonds is 4. The lowest BCUT2D eigenvalue weighted by Crippen LogP contribution is -1.85. The van der Waals surface area contributed by atoms with Gasteiger partial charge in [0.05, 0.1) is 22.2 Å². The van der Waals surface area contributed by atoms with Crippen LogP contribution in [0.4, 0.5) is 5.69 Å². The highest BCUT2D eigenvalue weighted by molar-refractivity contribution is 8.01. The maximum Gasteiger partial charge on any atom is 0.270 e. The molecule has 0 radical (unpaired) electrons. The number of benzene rings is 2. The number of methoxy groups -OCH3 is 1. The van der Waals surface area contributed by atoms with Crippen molar-refractivity contribution in [2.24, 2.45) is 0 Å². The van der Waals surface area contributed by atoms with Crippen molar-refractivity contribution in [1.29, 1.82) is 0 Å². The first-order valence-electron chi connectivity index (χ1n) is 6.02. The van der Waals surface area contributed by atoms with Gasteiger partial charge in [0.15, 0.2) is 4.34 Å². The van der Waals surface area contributed by atoms with Gasteiger partial charge in [0.1, 0.15) is 5.75 Å². The predicted molar refractivity (Wildman–Crippen MR) is 83.4 cm³/mol. The first kappa shape index (κ1) is 13.8. The molecule has 0 N–H and O–H groups in total. The summed E-state index contributed by atoms with van der Waals surface area (Å²) in [4.78, 5) is 15.9. The van der Waals surface area contributed by atoms with E-state index in [1.165, 1.54) is 29.2 Å². The summed E-state index contributed by atoms with van der Waals surface area (Å²) < 4.78 is 6.79. The number of ether oxygens (including phenoxy) is 1. The minimum Gasteiger partial charge on any atom is -0.497 e. The van der Waals surface area contributed by atoms with Crippen molar-refractivity contribution in [1.82, 2.24) is 4.98 Å². The first-order chi connectivity index (χ1) is 10.2. The second-order valence-electron chi connectivity index (χ2n) is 4.17.